The maximum atomic E-state index is 13.5. The Morgan fingerprint density at radius 3 is 2.57 bits per heavy atom. The number of halogens is 2. The number of hydrogen-bond donors (Lipinski definition) is 1. The fourth-order valence-corrected chi connectivity index (χ4v) is 1.81. The molecule has 0 aliphatic rings. The summed E-state index contributed by atoms with van der Waals surface area (Å²) in [6.07, 6.45) is 1.21. The predicted molar refractivity (Wildman–Crippen MR) is 53.5 cm³/mol. The van der Waals surface area contributed by atoms with Gasteiger partial charge in [0.1, 0.15) is 11.6 Å². The van der Waals surface area contributed by atoms with Gasteiger partial charge in [-0.25, -0.2) is 8.78 Å². The highest BCUT2D eigenvalue weighted by Gasteiger charge is 2.13. The van der Waals surface area contributed by atoms with Gasteiger partial charge >= 0.3 is 0 Å². The number of hydrogen-bond acceptors (Lipinski definition) is 2. The molecule has 1 N–H and O–H groups in total. The monoisotopic (exact) mass is 218 g/mol. The molecule has 0 amide bonds. The third-order valence-corrected chi connectivity index (χ3v) is 2.63. The van der Waals surface area contributed by atoms with Crippen molar-refractivity contribution >= 4 is 11.8 Å². The third-order valence-electron chi connectivity index (χ3n) is 1.85. The van der Waals surface area contributed by atoms with Crippen LogP contribution in [0.4, 0.5) is 8.78 Å². The Morgan fingerprint density at radius 2 is 2.07 bits per heavy atom. The second kappa shape index (κ2) is 4.75. The topological polar surface area (TPSA) is 20.2 Å². The minimum absolute atomic E-state index is 0.0168. The molecule has 78 valence electrons. The average Bonchev–Trinajstić information content (AvgIpc) is 2.10. The number of aliphatic hydroxyl groups excluding tert-OH is 1. The molecule has 0 bridgehead atoms. The van der Waals surface area contributed by atoms with Crippen LogP contribution in [-0.2, 0) is 6.42 Å². The van der Waals surface area contributed by atoms with Crippen LogP contribution in [0.25, 0.3) is 0 Å². The molecule has 0 spiro atoms. The van der Waals surface area contributed by atoms with E-state index in [1.54, 1.807) is 13.2 Å². The van der Waals surface area contributed by atoms with E-state index in [2.05, 4.69) is 0 Å². The van der Waals surface area contributed by atoms with E-state index < -0.39 is 17.7 Å². The van der Waals surface area contributed by atoms with Crippen molar-refractivity contribution in [2.75, 3.05) is 6.26 Å². The number of thioether (sulfide) groups is 1. The van der Waals surface area contributed by atoms with E-state index in [9.17, 15) is 8.78 Å². The van der Waals surface area contributed by atoms with Gasteiger partial charge < -0.3 is 5.11 Å². The summed E-state index contributed by atoms with van der Waals surface area (Å²) in [5, 5.41) is 9.10. The maximum Gasteiger partial charge on any atom is 0.143 e. The summed E-state index contributed by atoms with van der Waals surface area (Å²) in [5.74, 6) is -1.11. The lowest BCUT2D eigenvalue weighted by molar-refractivity contribution is 0.194. The van der Waals surface area contributed by atoms with Gasteiger partial charge in [-0.05, 0) is 24.8 Å². The van der Waals surface area contributed by atoms with Crippen molar-refractivity contribution in [3.8, 4) is 0 Å². The Morgan fingerprint density at radius 1 is 1.43 bits per heavy atom. The Kier molecular flexibility index (Phi) is 3.89. The van der Waals surface area contributed by atoms with E-state index >= 15 is 0 Å². The molecule has 4 heteroatoms. The maximum absolute atomic E-state index is 13.5. The molecule has 1 atom stereocenters. The zero-order chi connectivity index (χ0) is 10.7. The molecule has 0 fully saturated rings. The highest BCUT2D eigenvalue weighted by molar-refractivity contribution is 7.98. The summed E-state index contributed by atoms with van der Waals surface area (Å²) in [6, 6.07) is 2.60. The van der Waals surface area contributed by atoms with Crippen molar-refractivity contribution in [2.45, 2.75) is 24.3 Å². The Hall–Kier alpha value is -0.610. The molecule has 1 unspecified atom stereocenters. The third kappa shape index (κ3) is 2.45. The van der Waals surface area contributed by atoms with Gasteiger partial charge in [-0.1, -0.05) is 6.07 Å². The second-order valence-corrected chi connectivity index (χ2v) is 3.92. The molecule has 0 heterocycles. The van der Waals surface area contributed by atoms with E-state index in [0.29, 0.717) is 5.56 Å². The summed E-state index contributed by atoms with van der Waals surface area (Å²) < 4.78 is 26.6. The fourth-order valence-electron chi connectivity index (χ4n) is 1.24. The van der Waals surface area contributed by atoms with Crippen molar-refractivity contribution in [3.63, 3.8) is 0 Å². The number of aliphatic hydroxyl groups is 1. The highest BCUT2D eigenvalue weighted by Crippen LogP contribution is 2.25. The zero-order valence-electron chi connectivity index (χ0n) is 8.05. The molecule has 0 radical (unpaired) electrons. The Balaban J connectivity index is 3.08. The number of rotatable bonds is 3. The normalized spacial score (nSPS) is 12.9. The first-order chi connectivity index (χ1) is 6.56. The van der Waals surface area contributed by atoms with E-state index in [4.69, 9.17) is 5.11 Å². The molecule has 0 aliphatic carbocycles. The van der Waals surface area contributed by atoms with Crippen LogP contribution in [0.1, 0.15) is 12.5 Å². The van der Waals surface area contributed by atoms with E-state index in [0.717, 1.165) is 11.8 Å². The lowest BCUT2D eigenvalue weighted by Crippen LogP contribution is -2.07. The van der Waals surface area contributed by atoms with Gasteiger partial charge in [0.25, 0.3) is 0 Å². The summed E-state index contributed by atoms with van der Waals surface area (Å²) in [4.78, 5) is 0.0168. The molecule has 0 aliphatic heterocycles. The van der Waals surface area contributed by atoms with Gasteiger partial charge in [0.15, 0.2) is 0 Å². The fraction of sp³-hybridized carbons (Fsp3) is 0.400. The molecule has 0 saturated carbocycles. The summed E-state index contributed by atoms with van der Waals surface area (Å²) in [6.45, 7) is 1.57. The molecule has 0 saturated heterocycles. The lowest BCUT2D eigenvalue weighted by atomic mass is 10.1. The van der Waals surface area contributed by atoms with Gasteiger partial charge in [0.2, 0.25) is 0 Å². The Labute approximate surface area is 86.1 Å². The first-order valence-corrected chi connectivity index (χ1v) is 5.47. The van der Waals surface area contributed by atoms with Gasteiger partial charge in [0.05, 0.1) is 11.0 Å². The van der Waals surface area contributed by atoms with Gasteiger partial charge in [-0.3, -0.25) is 0 Å². The standard InChI is InChI=1S/C10H12F2OS/c1-6(13)5-7-3-4-8(11)10(14-2)9(7)12/h3-4,6,13H,5H2,1-2H3. The van der Waals surface area contributed by atoms with Crippen LogP contribution in [0.2, 0.25) is 0 Å². The summed E-state index contributed by atoms with van der Waals surface area (Å²) in [7, 11) is 0. The zero-order valence-corrected chi connectivity index (χ0v) is 8.87. The average molecular weight is 218 g/mol. The summed E-state index contributed by atoms with van der Waals surface area (Å²) >= 11 is 1.03. The van der Waals surface area contributed by atoms with Crippen molar-refractivity contribution in [2.24, 2.45) is 0 Å². The van der Waals surface area contributed by atoms with E-state index in [1.807, 2.05) is 0 Å². The van der Waals surface area contributed by atoms with Crippen molar-refractivity contribution in [1.82, 2.24) is 0 Å². The molecule has 1 aromatic rings. The van der Waals surface area contributed by atoms with Crippen LogP contribution in [0.5, 0.6) is 0 Å². The Bertz CT molecular complexity index is 326. The largest absolute Gasteiger partial charge is 0.393 e. The first kappa shape index (κ1) is 11.5. The quantitative estimate of drug-likeness (QED) is 0.787. The van der Waals surface area contributed by atoms with Crippen LogP contribution in [-0.4, -0.2) is 17.5 Å². The molecular weight excluding hydrogens is 206 g/mol. The molecule has 14 heavy (non-hydrogen) atoms. The molecular formula is C10H12F2OS. The highest BCUT2D eigenvalue weighted by atomic mass is 32.2. The molecule has 1 nitrogen and oxygen atoms in total. The van der Waals surface area contributed by atoms with Gasteiger partial charge in [0, 0.05) is 6.42 Å². The number of benzene rings is 1. The molecule has 0 aromatic heterocycles. The minimum atomic E-state index is -0.621. The molecule has 1 aromatic carbocycles. The molecule has 1 rings (SSSR count). The van der Waals surface area contributed by atoms with Crippen LogP contribution >= 0.6 is 11.8 Å². The first-order valence-electron chi connectivity index (χ1n) is 4.25. The van der Waals surface area contributed by atoms with Gasteiger partial charge in [-0.2, -0.15) is 0 Å². The van der Waals surface area contributed by atoms with E-state index in [-0.39, 0.29) is 11.3 Å². The van der Waals surface area contributed by atoms with Crippen molar-refractivity contribution < 1.29 is 13.9 Å². The smallest absolute Gasteiger partial charge is 0.143 e. The lowest BCUT2D eigenvalue weighted by Gasteiger charge is -2.09. The van der Waals surface area contributed by atoms with Crippen molar-refractivity contribution in [3.05, 3.63) is 29.3 Å². The predicted octanol–water partition coefficient (Wildman–Crippen LogP) is 2.61. The van der Waals surface area contributed by atoms with Gasteiger partial charge in [-0.15, -0.1) is 11.8 Å². The van der Waals surface area contributed by atoms with Crippen LogP contribution < -0.4 is 0 Å². The van der Waals surface area contributed by atoms with Crippen LogP contribution in [0.15, 0.2) is 17.0 Å². The minimum Gasteiger partial charge on any atom is -0.393 e. The van der Waals surface area contributed by atoms with E-state index in [1.165, 1.54) is 12.1 Å². The van der Waals surface area contributed by atoms with Crippen molar-refractivity contribution in [1.29, 1.82) is 0 Å². The summed E-state index contributed by atoms with van der Waals surface area (Å²) in [5.41, 5.74) is 0.353. The second-order valence-electron chi connectivity index (χ2n) is 3.11. The van der Waals surface area contributed by atoms with Crippen LogP contribution in [0.3, 0.4) is 0 Å². The SMILES string of the molecule is CSc1c(F)ccc(CC(C)O)c1F. The van der Waals surface area contributed by atoms with Crippen LogP contribution in [0, 0.1) is 11.6 Å².